The van der Waals surface area contributed by atoms with Gasteiger partial charge in [-0.15, -0.1) is 0 Å². The molecule has 0 amide bonds. The first-order valence-electron chi connectivity index (χ1n) is 4.54. The topological polar surface area (TPSA) is 80.0 Å². The number of carboxylic acid groups (broad SMARTS) is 1. The van der Waals surface area contributed by atoms with Crippen LogP contribution in [0.1, 0.15) is 16.1 Å². The normalized spacial score (nSPS) is 10.4. The molecular formula is C9H10N4O2S. The van der Waals surface area contributed by atoms with Crippen molar-refractivity contribution >= 4 is 28.3 Å². The molecule has 0 spiro atoms. The zero-order valence-electron chi connectivity index (χ0n) is 8.76. The molecule has 2 aromatic rings. The Hall–Kier alpha value is -1.89. The molecular weight excluding hydrogens is 228 g/mol. The first-order chi connectivity index (χ1) is 7.58. The van der Waals surface area contributed by atoms with Crippen molar-refractivity contribution in [3.8, 4) is 0 Å². The lowest BCUT2D eigenvalue weighted by atomic mass is 10.2. The summed E-state index contributed by atoms with van der Waals surface area (Å²) in [7, 11) is 1.79. The van der Waals surface area contributed by atoms with Gasteiger partial charge in [-0.2, -0.15) is 9.47 Å². The SMILES string of the molecule is Cc1nsc(Nc2ccn(C)n2)c1C(=O)O. The third kappa shape index (κ3) is 1.89. The Kier molecular flexibility index (Phi) is 2.61. The Bertz CT molecular complexity index is 531. The third-order valence-electron chi connectivity index (χ3n) is 2.03. The third-order valence-corrected chi connectivity index (χ3v) is 2.89. The zero-order chi connectivity index (χ0) is 11.7. The maximum absolute atomic E-state index is 11.0. The largest absolute Gasteiger partial charge is 0.478 e. The average Bonchev–Trinajstić information content (AvgIpc) is 2.74. The molecule has 0 aliphatic rings. The summed E-state index contributed by atoms with van der Waals surface area (Å²) in [5.41, 5.74) is 0.714. The highest BCUT2D eigenvalue weighted by molar-refractivity contribution is 7.10. The van der Waals surface area contributed by atoms with E-state index in [2.05, 4.69) is 14.8 Å². The van der Waals surface area contributed by atoms with Gasteiger partial charge in [0.25, 0.3) is 0 Å². The summed E-state index contributed by atoms with van der Waals surface area (Å²) >= 11 is 1.12. The van der Waals surface area contributed by atoms with Crippen LogP contribution in [-0.2, 0) is 7.05 Å². The fraction of sp³-hybridized carbons (Fsp3) is 0.222. The number of hydrogen-bond donors (Lipinski definition) is 2. The quantitative estimate of drug-likeness (QED) is 0.849. The van der Waals surface area contributed by atoms with Crippen molar-refractivity contribution in [1.29, 1.82) is 0 Å². The molecule has 2 aromatic heterocycles. The minimum Gasteiger partial charge on any atom is -0.478 e. The lowest BCUT2D eigenvalue weighted by molar-refractivity contribution is 0.0697. The summed E-state index contributed by atoms with van der Waals surface area (Å²) in [6.45, 7) is 1.67. The number of carboxylic acids is 1. The van der Waals surface area contributed by atoms with E-state index >= 15 is 0 Å². The van der Waals surface area contributed by atoms with Crippen LogP contribution in [-0.4, -0.2) is 25.2 Å². The molecule has 0 fully saturated rings. The van der Waals surface area contributed by atoms with E-state index in [0.29, 0.717) is 16.5 Å². The molecule has 0 saturated heterocycles. The van der Waals surface area contributed by atoms with Crippen molar-refractivity contribution in [3.05, 3.63) is 23.5 Å². The molecule has 0 unspecified atom stereocenters. The fourth-order valence-corrected chi connectivity index (χ4v) is 2.10. The van der Waals surface area contributed by atoms with Crippen LogP contribution in [0, 0.1) is 6.92 Å². The number of hydrogen-bond acceptors (Lipinski definition) is 5. The maximum Gasteiger partial charge on any atom is 0.340 e. The lowest BCUT2D eigenvalue weighted by Crippen LogP contribution is -2.01. The van der Waals surface area contributed by atoms with E-state index in [-0.39, 0.29) is 5.56 Å². The van der Waals surface area contributed by atoms with Gasteiger partial charge in [-0.3, -0.25) is 4.68 Å². The number of aromatic nitrogens is 3. The van der Waals surface area contributed by atoms with Gasteiger partial charge in [0.2, 0.25) is 0 Å². The predicted octanol–water partition coefficient (Wildman–Crippen LogP) is 1.63. The van der Waals surface area contributed by atoms with Crippen LogP contribution >= 0.6 is 11.5 Å². The molecule has 16 heavy (non-hydrogen) atoms. The monoisotopic (exact) mass is 238 g/mol. The van der Waals surface area contributed by atoms with Crippen LogP contribution in [0.5, 0.6) is 0 Å². The smallest absolute Gasteiger partial charge is 0.340 e. The fourth-order valence-electron chi connectivity index (χ4n) is 1.30. The molecule has 7 heteroatoms. The molecule has 2 rings (SSSR count). The van der Waals surface area contributed by atoms with E-state index in [4.69, 9.17) is 5.11 Å². The number of nitrogens with zero attached hydrogens (tertiary/aromatic N) is 3. The van der Waals surface area contributed by atoms with E-state index < -0.39 is 5.97 Å². The van der Waals surface area contributed by atoms with Gasteiger partial charge in [-0.25, -0.2) is 4.79 Å². The van der Waals surface area contributed by atoms with Crippen molar-refractivity contribution in [2.45, 2.75) is 6.92 Å². The Labute approximate surface area is 95.7 Å². The molecule has 2 N–H and O–H groups in total. The first kappa shape index (κ1) is 10.6. The van der Waals surface area contributed by atoms with Crippen molar-refractivity contribution in [2.75, 3.05) is 5.32 Å². The second kappa shape index (κ2) is 3.93. The predicted molar refractivity (Wildman–Crippen MR) is 60.3 cm³/mol. The Morgan fingerprint density at radius 3 is 2.94 bits per heavy atom. The number of nitrogens with one attached hydrogen (secondary N) is 1. The van der Waals surface area contributed by atoms with E-state index in [9.17, 15) is 4.79 Å². The van der Waals surface area contributed by atoms with Crippen LogP contribution in [0.2, 0.25) is 0 Å². The molecule has 0 aromatic carbocycles. The van der Waals surface area contributed by atoms with Crippen molar-refractivity contribution in [3.63, 3.8) is 0 Å². The summed E-state index contributed by atoms with van der Waals surface area (Å²) in [5, 5.41) is 16.6. The molecule has 0 radical (unpaired) electrons. The Morgan fingerprint density at radius 2 is 2.38 bits per heavy atom. The average molecular weight is 238 g/mol. The Morgan fingerprint density at radius 1 is 1.62 bits per heavy atom. The van der Waals surface area contributed by atoms with Gasteiger partial charge < -0.3 is 10.4 Å². The number of aryl methyl sites for hydroxylation is 2. The second-order valence-corrected chi connectivity index (χ2v) is 4.05. The standard InChI is InChI=1S/C9H10N4O2S/c1-5-7(9(14)15)8(16-12-5)10-6-3-4-13(2)11-6/h3-4H,1-2H3,(H,10,11)(H,14,15). The summed E-state index contributed by atoms with van der Waals surface area (Å²) in [5.74, 6) is -0.377. The minimum atomic E-state index is -0.982. The molecule has 0 bridgehead atoms. The van der Waals surface area contributed by atoms with Gasteiger partial charge in [-0.1, -0.05) is 0 Å². The summed E-state index contributed by atoms with van der Waals surface area (Å²) in [4.78, 5) is 11.0. The number of anilines is 2. The van der Waals surface area contributed by atoms with E-state index in [1.54, 1.807) is 30.9 Å². The highest BCUT2D eigenvalue weighted by Crippen LogP contribution is 2.27. The molecule has 0 aliphatic carbocycles. The lowest BCUT2D eigenvalue weighted by Gasteiger charge is -2.00. The second-order valence-electron chi connectivity index (χ2n) is 3.28. The van der Waals surface area contributed by atoms with Gasteiger partial charge in [0.1, 0.15) is 10.6 Å². The van der Waals surface area contributed by atoms with E-state index in [1.807, 2.05) is 0 Å². The zero-order valence-corrected chi connectivity index (χ0v) is 9.58. The number of rotatable bonds is 3. The number of carbonyl (C=O) groups is 1. The van der Waals surface area contributed by atoms with Crippen molar-refractivity contribution < 1.29 is 9.90 Å². The molecule has 6 nitrogen and oxygen atoms in total. The van der Waals surface area contributed by atoms with Crippen LogP contribution in [0.4, 0.5) is 10.8 Å². The molecule has 0 saturated carbocycles. The Balaban J connectivity index is 2.31. The highest BCUT2D eigenvalue weighted by Gasteiger charge is 2.17. The van der Waals surface area contributed by atoms with E-state index in [0.717, 1.165) is 11.5 Å². The van der Waals surface area contributed by atoms with Gasteiger partial charge in [-0.05, 0) is 18.5 Å². The van der Waals surface area contributed by atoms with Gasteiger partial charge in [0, 0.05) is 19.3 Å². The van der Waals surface area contributed by atoms with Crippen LogP contribution in [0.3, 0.4) is 0 Å². The van der Waals surface area contributed by atoms with Crippen LogP contribution < -0.4 is 5.32 Å². The van der Waals surface area contributed by atoms with Gasteiger partial charge in [0.05, 0.1) is 5.69 Å². The first-order valence-corrected chi connectivity index (χ1v) is 5.31. The van der Waals surface area contributed by atoms with Gasteiger partial charge >= 0.3 is 5.97 Å². The van der Waals surface area contributed by atoms with Crippen LogP contribution in [0.15, 0.2) is 12.3 Å². The highest BCUT2D eigenvalue weighted by atomic mass is 32.1. The maximum atomic E-state index is 11.0. The summed E-state index contributed by atoms with van der Waals surface area (Å²) < 4.78 is 5.64. The number of aromatic carboxylic acids is 1. The van der Waals surface area contributed by atoms with Crippen molar-refractivity contribution in [2.24, 2.45) is 7.05 Å². The molecule has 2 heterocycles. The van der Waals surface area contributed by atoms with E-state index in [1.165, 1.54) is 0 Å². The minimum absolute atomic E-state index is 0.204. The molecule has 84 valence electrons. The van der Waals surface area contributed by atoms with Gasteiger partial charge in [0.15, 0.2) is 5.82 Å². The van der Waals surface area contributed by atoms with Crippen molar-refractivity contribution in [1.82, 2.24) is 14.2 Å². The van der Waals surface area contributed by atoms with Crippen LogP contribution in [0.25, 0.3) is 0 Å². The summed E-state index contributed by atoms with van der Waals surface area (Å²) in [6, 6.07) is 1.76. The molecule has 0 aliphatic heterocycles. The summed E-state index contributed by atoms with van der Waals surface area (Å²) in [6.07, 6.45) is 1.77. The molecule has 0 atom stereocenters.